The van der Waals surface area contributed by atoms with E-state index in [9.17, 15) is 23.2 Å². The minimum Gasteiger partial charge on any atom is -0.493 e. The number of amides is 2. The summed E-state index contributed by atoms with van der Waals surface area (Å²) in [6.45, 7) is 1.88. The van der Waals surface area contributed by atoms with Crippen LogP contribution in [0.4, 0.5) is 14.5 Å². The monoisotopic (exact) mass is 506 g/mol. The Labute approximate surface area is 209 Å². The fraction of sp³-hybridized carbons (Fsp3) is 0.0769. The summed E-state index contributed by atoms with van der Waals surface area (Å²) in [5.74, 6) is -2.93. The van der Waals surface area contributed by atoms with Gasteiger partial charge in [-0.25, -0.2) is 8.78 Å². The van der Waals surface area contributed by atoms with Gasteiger partial charge in [0.05, 0.1) is 6.61 Å². The second-order valence-electron chi connectivity index (χ2n) is 7.58. The standard InChI is InChI=1S/C26H20F2N4O5/c1-2-36-22-10-12-32(17-6-3-15(27)4-7-17)26(35)23(22)25(34)31-16-5-8-21(19(28)13-16)37-18-9-11-30-20(14-18)24(29)33/h3-14H,2H2,1H3,(H2,29,33)(H,31,34). The minimum atomic E-state index is -0.835. The van der Waals surface area contributed by atoms with Crippen LogP contribution in [-0.4, -0.2) is 28.0 Å². The largest absolute Gasteiger partial charge is 0.493 e. The summed E-state index contributed by atoms with van der Waals surface area (Å²) in [4.78, 5) is 41.3. The van der Waals surface area contributed by atoms with Crippen LogP contribution in [0.3, 0.4) is 0 Å². The Morgan fingerprint density at radius 2 is 1.78 bits per heavy atom. The highest BCUT2D eigenvalue weighted by atomic mass is 19.1. The molecule has 0 fully saturated rings. The quantitative estimate of drug-likeness (QED) is 0.371. The van der Waals surface area contributed by atoms with E-state index in [0.717, 1.165) is 6.07 Å². The van der Waals surface area contributed by atoms with E-state index in [2.05, 4.69) is 10.3 Å². The first-order valence-corrected chi connectivity index (χ1v) is 11.0. The van der Waals surface area contributed by atoms with Crippen molar-refractivity contribution in [2.75, 3.05) is 11.9 Å². The number of primary amides is 1. The predicted molar refractivity (Wildman–Crippen MR) is 130 cm³/mol. The molecule has 2 aromatic carbocycles. The van der Waals surface area contributed by atoms with Crippen LogP contribution >= 0.6 is 0 Å². The highest BCUT2D eigenvalue weighted by molar-refractivity contribution is 6.06. The number of nitrogens with one attached hydrogen (secondary N) is 1. The Morgan fingerprint density at radius 3 is 2.46 bits per heavy atom. The first kappa shape index (κ1) is 25.0. The molecular weight excluding hydrogens is 486 g/mol. The molecule has 0 radical (unpaired) electrons. The maximum absolute atomic E-state index is 14.7. The third kappa shape index (κ3) is 5.61. The van der Waals surface area contributed by atoms with E-state index >= 15 is 0 Å². The van der Waals surface area contributed by atoms with Crippen molar-refractivity contribution in [2.24, 2.45) is 5.73 Å². The van der Waals surface area contributed by atoms with Gasteiger partial charge >= 0.3 is 0 Å². The van der Waals surface area contributed by atoms with Crippen molar-refractivity contribution in [1.29, 1.82) is 0 Å². The van der Waals surface area contributed by atoms with E-state index in [4.69, 9.17) is 15.2 Å². The second kappa shape index (κ2) is 10.7. The number of halogens is 2. The fourth-order valence-corrected chi connectivity index (χ4v) is 3.40. The molecule has 3 N–H and O–H groups in total. The second-order valence-corrected chi connectivity index (χ2v) is 7.58. The Morgan fingerprint density at radius 1 is 1.03 bits per heavy atom. The molecule has 0 unspecified atom stereocenters. The minimum absolute atomic E-state index is 0.0340. The molecule has 0 aliphatic carbocycles. The molecule has 0 bridgehead atoms. The van der Waals surface area contributed by atoms with Crippen LogP contribution in [0.1, 0.15) is 27.8 Å². The zero-order chi connectivity index (χ0) is 26.5. The summed E-state index contributed by atoms with van der Waals surface area (Å²) in [6, 6.07) is 12.9. The van der Waals surface area contributed by atoms with Crippen LogP contribution in [0.15, 0.2) is 77.9 Å². The Hall–Kier alpha value is -5.06. The summed E-state index contributed by atoms with van der Waals surface area (Å²) in [6.07, 6.45) is 2.70. The van der Waals surface area contributed by atoms with Gasteiger partial charge in [-0.2, -0.15) is 0 Å². The first-order valence-electron chi connectivity index (χ1n) is 11.0. The zero-order valence-corrected chi connectivity index (χ0v) is 19.4. The number of aromatic nitrogens is 2. The van der Waals surface area contributed by atoms with Crippen LogP contribution < -0.4 is 26.1 Å². The lowest BCUT2D eigenvalue weighted by atomic mass is 10.2. The molecule has 4 rings (SSSR count). The SMILES string of the molecule is CCOc1ccn(-c2ccc(F)cc2)c(=O)c1C(=O)Nc1ccc(Oc2ccnc(C(N)=O)c2)c(F)c1. The van der Waals surface area contributed by atoms with Crippen molar-refractivity contribution < 1.29 is 27.8 Å². The number of pyridine rings is 2. The number of carbonyl (C=O) groups excluding carboxylic acids is 2. The third-order valence-corrected chi connectivity index (χ3v) is 5.09. The lowest BCUT2D eigenvalue weighted by molar-refractivity contribution is 0.0992. The number of benzene rings is 2. The summed E-state index contributed by atoms with van der Waals surface area (Å²) >= 11 is 0. The Balaban J connectivity index is 1.61. The molecule has 0 aliphatic rings. The molecular formula is C26H20F2N4O5. The number of anilines is 1. The van der Waals surface area contributed by atoms with Gasteiger partial charge in [-0.15, -0.1) is 0 Å². The number of hydrogen-bond donors (Lipinski definition) is 2. The number of nitrogens with two attached hydrogens (primary N) is 1. The van der Waals surface area contributed by atoms with E-state index in [1.165, 1.54) is 71.6 Å². The maximum Gasteiger partial charge on any atom is 0.271 e. The van der Waals surface area contributed by atoms with Crippen molar-refractivity contribution in [3.63, 3.8) is 0 Å². The smallest absolute Gasteiger partial charge is 0.271 e. The van der Waals surface area contributed by atoms with Gasteiger partial charge in [-0.3, -0.25) is 23.9 Å². The molecule has 0 saturated heterocycles. The molecule has 0 aliphatic heterocycles. The molecule has 9 nitrogen and oxygen atoms in total. The number of hydrogen-bond acceptors (Lipinski definition) is 6. The van der Waals surface area contributed by atoms with E-state index in [1.807, 2.05) is 0 Å². The van der Waals surface area contributed by atoms with Crippen LogP contribution in [0.25, 0.3) is 5.69 Å². The van der Waals surface area contributed by atoms with Gasteiger partial charge in [-0.05, 0) is 55.5 Å². The van der Waals surface area contributed by atoms with Crippen molar-refractivity contribution in [3.05, 3.63) is 106 Å². The van der Waals surface area contributed by atoms with Crippen LogP contribution in [-0.2, 0) is 0 Å². The van der Waals surface area contributed by atoms with E-state index in [0.29, 0.717) is 5.69 Å². The Bertz CT molecular complexity index is 1540. The molecule has 0 spiro atoms. The average molecular weight is 506 g/mol. The van der Waals surface area contributed by atoms with Crippen LogP contribution in [0.5, 0.6) is 17.2 Å². The molecule has 2 amide bonds. The van der Waals surface area contributed by atoms with Crippen LogP contribution in [0, 0.1) is 11.6 Å². The average Bonchev–Trinajstić information content (AvgIpc) is 2.87. The number of ether oxygens (including phenoxy) is 2. The first-order chi connectivity index (χ1) is 17.8. The lowest BCUT2D eigenvalue weighted by Gasteiger charge is -2.14. The topological polar surface area (TPSA) is 126 Å². The van der Waals surface area contributed by atoms with Gasteiger partial charge in [0, 0.05) is 35.9 Å². The molecule has 2 heterocycles. The van der Waals surface area contributed by atoms with Gasteiger partial charge in [0.2, 0.25) is 0 Å². The summed E-state index contributed by atoms with van der Waals surface area (Å²) in [7, 11) is 0. The summed E-state index contributed by atoms with van der Waals surface area (Å²) in [5, 5.41) is 2.48. The molecule has 0 atom stereocenters. The van der Waals surface area contributed by atoms with E-state index in [-0.39, 0.29) is 40.8 Å². The summed E-state index contributed by atoms with van der Waals surface area (Å²) < 4.78 is 40.1. The van der Waals surface area contributed by atoms with E-state index < -0.39 is 29.0 Å². The van der Waals surface area contributed by atoms with Gasteiger partial charge in [-0.1, -0.05) is 0 Å². The molecule has 4 aromatic rings. The van der Waals surface area contributed by atoms with Crippen molar-refractivity contribution in [2.45, 2.75) is 6.92 Å². The highest BCUT2D eigenvalue weighted by Crippen LogP contribution is 2.27. The maximum atomic E-state index is 14.7. The Kier molecular flexibility index (Phi) is 7.23. The van der Waals surface area contributed by atoms with Gasteiger partial charge < -0.3 is 20.5 Å². The molecule has 2 aromatic heterocycles. The third-order valence-electron chi connectivity index (χ3n) is 5.09. The normalized spacial score (nSPS) is 10.6. The number of nitrogens with zero attached hydrogens (tertiary/aromatic N) is 2. The summed E-state index contributed by atoms with van der Waals surface area (Å²) in [5.41, 5.74) is 4.49. The zero-order valence-electron chi connectivity index (χ0n) is 19.4. The van der Waals surface area contributed by atoms with Gasteiger partial charge in [0.1, 0.15) is 28.6 Å². The molecule has 37 heavy (non-hydrogen) atoms. The van der Waals surface area contributed by atoms with E-state index in [1.54, 1.807) is 6.92 Å². The van der Waals surface area contributed by atoms with Gasteiger partial charge in [0.15, 0.2) is 11.6 Å². The molecule has 11 heteroatoms. The van der Waals surface area contributed by atoms with Crippen LogP contribution in [0.2, 0.25) is 0 Å². The van der Waals surface area contributed by atoms with Crippen molar-refractivity contribution >= 4 is 17.5 Å². The predicted octanol–water partition coefficient (Wildman–Crippen LogP) is 4.05. The number of rotatable bonds is 8. The molecule has 0 saturated carbocycles. The van der Waals surface area contributed by atoms with Crippen molar-refractivity contribution in [1.82, 2.24) is 9.55 Å². The molecule has 188 valence electrons. The lowest BCUT2D eigenvalue weighted by Crippen LogP contribution is -2.29. The highest BCUT2D eigenvalue weighted by Gasteiger charge is 2.21. The van der Waals surface area contributed by atoms with Gasteiger partial charge in [0.25, 0.3) is 17.4 Å². The number of carbonyl (C=O) groups is 2. The van der Waals surface area contributed by atoms with Crippen molar-refractivity contribution in [3.8, 4) is 22.9 Å². The fourth-order valence-electron chi connectivity index (χ4n) is 3.40.